The summed E-state index contributed by atoms with van der Waals surface area (Å²) < 4.78 is 0. The second-order valence-corrected chi connectivity index (χ2v) is 7.88. The van der Waals surface area contributed by atoms with E-state index in [-0.39, 0.29) is 39.0 Å². The zero-order valence-electron chi connectivity index (χ0n) is 16.2. The van der Waals surface area contributed by atoms with Gasteiger partial charge in [-0.3, -0.25) is 14.9 Å². The van der Waals surface area contributed by atoms with Gasteiger partial charge >= 0.3 is 0 Å². The first-order valence-corrected chi connectivity index (χ1v) is 9.91. The van der Waals surface area contributed by atoms with E-state index in [4.69, 9.17) is 11.5 Å². The van der Waals surface area contributed by atoms with Crippen LogP contribution in [0.15, 0.2) is 48.5 Å². The van der Waals surface area contributed by atoms with Gasteiger partial charge in [0.25, 0.3) is 5.69 Å². The molecule has 0 unspecified atom stereocenters. The molecule has 2 heterocycles. The fraction of sp³-hybridized carbons (Fsp3) is 0.0455. The fourth-order valence-electron chi connectivity index (χ4n) is 3.33. The number of carbonyl (C=O) groups is 1. The molecule has 0 atom stereocenters. The molecule has 0 aliphatic carbocycles. The van der Waals surface area contributed by atoms with Gasteiger partial charge in [-0.1, -0.05) is 29.8 Å². The van der Waals surface area contributed by atoms with Crippen molar-refractivity contribution in [1.82, 2.24) is 4.98 Å². The lowest BCUT2D eigenvalue weighted by Gasteiger charge is -2.10. The number of ketones is 1. The summed E-state index contributed by atoms with van der Waals surface area (Å²) in [5.74, 6) is -0.330. The molecule has 9 heteroatoms. The van der Waals surface area contributed by atoms with Crippen LogP contribution in [-0.4, -0.2) is 15.7 Å². The second kappa shape index (κ2) is 7.51. The minimum absolute atomic E-state index is 0.0566. The molecule has 0 bridgehead atoms. The molecule has 0 aliphatic heterocycles. The molecule has 0 radical (unpaired) electrons. The number of aryl methyl sites for hydroxylation is 1. The third-order valence-electron chi connectivity index (χ3n) is 4.90. The first-order valence-electron chi connectivity index (χ1n) is 9.09. The Labute approximate surface area is 180 Å². The standard InChI is InChI=1S/C22H15N5O3S/c1-11-2-4-12(5-3-11)16-15(10-23)21(25)26-22-17(16)18(24)20(31-22)19(28)13-6-8-14(9-7-13)27(29)30/h2-9H,24H2,1H3,(H2,25,26). The van der Waals surface area contributed by atoms with Gasteiger partial charge in [-0.25, -0.2) is 4.98 Å². The smallest absolute Gasteiger partial charge is 0.269 e. The van der Waals surface area contributed by atoms with Crippen LogP contribution < -0.4 is 11.5 Å². The van der Waals surface area contributed by atoms with E-state index >= 15 is 0 Å². The molecule has 0 fully saturated rings. The van der Waals surface area contributed by atoms with Crippen molar-refractivity contribution in [2.24, 2.45) is 0 Å². The Hall–Kier alpha value is -4.29. The quantitative estimate of drug-likeness (QED) is 0.276. The number of pyridine rings is 1. The first kappa shape index (κ1) is 20.0. The third kappa shape index (κ3) is 3.35. The van der Waals surface area contributed by atoms with E-state index < -0.39 is 4.92 Å². The van der Waals surface area contributed by atoms with Crippen molar-refractivity contribution < 1.29 is 9.72 Å². The minimum atomic E-state index is -0.536. The number of fused-ring (bicyclic) bond motifs is 1. The van der Waals surface area contributed by atoms with Gasteiger partial charge in [0.05, 0.1) is 10.6 Å². The Bertz CT molecular complexity index is 1400. The van der Waals surface area contributed by atoms with Gasteiger partial charge in [0.1, 0.15) is 27.2 Å². The number of benzene rings is 2. The van der Waals surface area contributed by atoms with Crippen LogP contribution in [0.2, 0.25) is 0 Å². The Morgan fingerprint density at radius 3 is 2.35 bits per heavy atom. The van der Waals surface area contributed by atoms with E-state index in [1.165, 1.54) is 24.3 Å². The number of nitro benzene ring substituents is 1. The summed E-state index contributed by atoms with van der Waals surface area (Å²) in [6.45, 7) is 1.95. The molecule has 0 spiro atoms. The van der Waals surface area contributed by atoms with Gasteiger partial charge in [-0.15, -0.1) is 11.3 Å². The molecule has 2 aromatic heterocycles. The highest BCUT2D eigenvalue weighted by Gasteiger charge is 2.25. The fourth-order valence-corrected chi connectivity index (χ4v) is 4.40. The molecule has 0 saturated heterocycles. The van der Waals surface area contributed by atoms with Gasteiger partial charge in [0, 0.05) is 28.6 Å². The van der Waals surface area contributed by atoms with Crippen molar-refractivity contribution in [2.45, 2.75) is 6.92 Å². The molecule has 0 aliphatic rings. The SMILES string of the molecule is Cc1ccc(-c2c(C#N)c(N)nc3sc(C(=O)c4ccc([N+](=O)[O-])cc4)c(N)c23)cc1. The summed E-state index contributed by atoms with van der Waals surface area (Å²) in [7, 11) is 0. The van der Waals surface area contributed by atoms with Crippen LogP contribution in [-0.2, 0) is 0 Å². The van der Waals surface area contributed by atoms with Crippen LogP contribution in [0, 0.1) is 28.4 Å². The predicted octanol–water partition coefficient (Wildman–Crippen LogP) is 4.45. The highest BCUT2D eigenvalue weighted by Crippen LogP contribution is 2.43. The Balaban J connectivity index is 1.94. The highest BCUT2D eigenvalue weighted by molar-refractivity contribution is 7.21. The topological polar surface area (TPSA) is 149 Å². The van der Waals surface area contributed by atoms with Crippen molar-refractivity contribution in [1.29, 1.82) is 5.26 Å². The summed E-state index contributed by atoms with van der Waals surface area (Å²) in [6.07, 6.45) is 0. The monoisotopic (exact) mass is 429 g/mol. The molecule has 152 valence electrons. The maximum absolute atomic E-state index is 13.1. The maximum atomic E-state index is 13.1. The lowest BCUT2D eigenvalue weighted by atomic mass is 9.96. The zero-order chi connectivity index (χ0) is 22.3. The van der Waals surface area contributed by atoms with Gasteiger partial charge in [-0.2, -0.15) is 5.26 Å². The van der Waals surface area contributed by atoms with Crippen LogP contribution in [0.4, 0.5) is 17.2 Å². The minimum Gasteiger partial charge on any atom is -0.397 e. The van der Waals surface area contributed by atoms with Crippen molar-refractivity contribution >= 4 is 44.5 Å². The Kier molecular flexibility index (Phi) is 4.85. The van der Waals surface area contributed by atoms with Gasteiger partial charge in [0.2, 0.25) is 5.78 Å². The Morgan fingerprint density at radius 1 is 1.13 bits per heavy atom. The summed E-state index contributed by atoms with van der Waals surface area (Å²) >= 11 is 1.07. The van der Waals surface area contributed by atoms with E-state index in [0.29, 0.717) is 15.8 Å². The molecular formula is C22H15N5O3S. The normalized spacial score (nSPS) is 10.7. The number of nitro groups is 1. The molecule has 2 aromatic carbocycles. The van der Waals surface area contributed by atoms with E-state index in [2.05, 4.69) is 11.1 Å². The lowest BCUT2D eigenvalue weighted by molar-refractivity contribution is -0.384. The van der Waals surface area contributed by atoms with E-state index in [9.17, 15) is 20.2 Å². The number of carbonyl (C=O) groups excluding carboxylic acids is 1. The van der Waals surface area contributed by atoms with Crippen molar-refractivity contribution in [2.75, 3.05) is 11.5 Å². The predicted molar refractivity (Wildman–Crippen MR) is 120 cm³/mol. The van der Waals surface area contributed by atoms with Crippen LogP contribution in [0.25, 0.3) is 21.3 Å². The summed E-state index contributed by atoms with van der Waals surface area (Å²) in [6, 6.07) is 14.9. The lowest BCUT2D eigenvalue weighted by Crippen LogP contribution is -2.03. The third-order valence-corrected chi connectivity index (χ3v) is 6.00. The van der Waals surface area contributed by atoms with E-state index in [1.807, 2.05) is 31.2 Å². The number of rotatable bonds is 4. The molecule has 4 rings (SSSR count). The maximum Gasteiger partial charge on any atom is 0.269 e. The number of nitrogens with two attached hydrogens (primary N) is 2. The number of nitrogens with zero attached hydrogens (tertiary/aromatic N) is 3. The van der Waals surface area contributed by atoms with Gasteiger partial charge in [0.15, 0.2) is 0 Å². The van der Waals surface area contributed by atoms with Crippen LogP contribution >= 0.6 is 11.3 Å². The van der Waals surface area contributed by atoms with E-state index in [1.54, 1.807) is 0 Å². The van der Waals surface area contributed by atoms with Crippen molar-refractivity contribution in [3.63, 3.8) is 0 Å². The Morgan fingerprint density at radius 2 is 1.77 bits per heavy atom. The number of nitriles is 1. The van der Waals surface area contributed by atoms with Crippen molar-refractivity contribution in [3.8, 4) is 17.2 Å². The average Bonchev–Trinajstić information content (AvgIpc) is 3.08. The van der Waals surface area contributed by atoms with E-state index in [0.717, 1.165) is 22.5 Å². The second-order valence-electron chi connectivity index (χ2n) is 6.88. The molecule has 8 nitrogen and oxygen atoms in total. The molecule has 4 aromatic rings. The molecule has 31 heavy (non-hydrogen) atoms. The zero-order valence-corrected chi connectivity index (χ0v) is 17.1. The summed E-state index contributed by atoms with van der Waals surface area (Å²) in [5, 5.41) is 21.1. The van der Waals surface area contributed by atoms with Crippen LogP contribution in [0.1, 0.15) is 26.4 Å². The largest absolute Gasteiger partial charge is 0.397 e. The summed E-state index contributed by atoms with van der Waals surface area (Å²) in [4.78, 5) is 28.4. The summed E-state index contributed by atoms with van der Waals surface area (Å²) in [5.41, 5.74) is 15.3. The van der Waals surface area contributed by atoms with Gasteiger partial charge < -0.3 is 11.5 Å². The highest BCUT2D eigenvalue weighted by atomic mass is 32.1. The number of anilines is 2. The number of hydrogen-bond donors (Lipinski definition) is 2. The molecule has 0 saturated carbocycles. The number of nitrogen functional groups attached to an aromatic ring is 2. The number of thiophene rings is 1. The number of non-ortho nitro benzene ring substituents is 1. The molecule has 4 N–H and O–H groups in total. The number of hydrogen-bond acceptors (Lipinski definition) is 8. The first-order chi connectivity index (χ1) is 14.8. The van der Waals surface area contributed by atoms with Crippen molar-refractivity contribution in [3.05, 3.63) is 80.2 Å². The van der Waals surface area contributed by atoms with Crippen LogP contribution in [0.3, 0.4) is 0 Å². The molecule has 0 amide bonds. The number of aromatic nitrogens is 1. The van der Waals surface area contributed by atoms with Gasteiger partial charge in [-0.05, 0) is 24.6 Å². The molecular weight excluding hydrogens is 414 g/mol. The van der Waals surface area contributed by atoms with Crippen LogP contribution in [0.5, 0.6) is 0 Å². The average molecular weight is 429 g/mol.